The van der Waals surface area contributed by atoms with Crippen molar-refractivity contribution in [1.29, 1.82) is 0 Å². The minimum absolute atomic E-state index is 0.201. The van der Waals surface area contributed by atoms with E-state index in [9.17, 15) is 9.59 Å². The molecule has 1 atom stereocenters. The molecule has 0 aliphatic carbocycles. The smallest absolute Gasteiger partial charge is 0.310 e. The topological polar surface area (TPSA) is 80.6 Å². The van der Waals surface area contributed by atoms with Crippen LogP contribution in [0.25, 0.3) is 10.9 Å². The van der Waals surface area contributed by atoms with Crippen LogP contribution >= 0.6 is 0 Å². The fraction of sp³-hybridized carbons (Fsp3) is 0.304. The Bertz CT molecular complexity index is 1050. The summed E-state index contributed by atoms with van der Waals surface area (Å²) in [4.78, 5) is 23.8. The van der Waals surface area contributed by atoms with E-state index in [1.54, 1.807) is 38.3 Å². The number of hydrogen-bond acceptors (Lipinski definition) is 3. The number of carboxylic acids is 1. The fourth-order valence-electron chi connectivity index (χ4n) is 3.46. The van der Waals surface area contributed by atoms with E-state index >= 15 is 0 Å². The van der Waals surface area contributed by atoms with Crippen molar-refractivity contribution >= 4 is 28.5 Å². The Hall–Kier alpha value is -3.12. The molecular formula is C23H26N2O4. The average molecular weight is 394 g/mol. The number of benzene rings is 2. The number of nitrogens with zero attached hydrogens (tertiary/aromatic N) is 1. The van der Waals surface area contributed by atoms with E-state index < -0.39 is 11.9 Å². The van der Waals surface area contributed by atoms with Gasteiger partial charge in [0.25, 0.3) is 5.91 Å². The lowest BCUT2D eigenvalue weighted by Gasteiger charge is -2.10. The van der Waals surface area contributed by atoms with Crippen molar-refractivity contribution < 1.29 is 19.4 Å². The van der Waals surface area contributed by atoms with Crippen molar-refractivity contribution in [2.24, 2.45) is 0 Å². The molecule has 1 aromatic heterocycles. The van der Waals surface area contributed by atoms with E-state index in [0.717, 1.165) is 28.7 Å². The third-order valence-electron chi connectivity index (χ3n) is 5.46. The molecule has 0 saturated heterocycles. The minimum atomic E-state index is -0.877. The van der Waals surface area contributed by atoms with Crippen molar-refractivity contribution in [3.63, 3.8) is 0 Å². The van der Waals surface area contributed by atoms with Gasteiger partial charge in [0.1, 0.15) is 0 Å². The SMILES string of the molecule is COCCn1c(C)c(C)c2cc(C(=O)Nc3ccc(C(C)C(=O)O)cc3)ccc21. The molecular weight excluding hydrogens is 368 g/mol. The number of aromatic nitrogens is 1. The number of carbonyl (C=O) groups is 2. The molecule has 0 aliphatic heterocycles. The van der Waals surface area contributed by atoms with Gasteiger partial charge in [-0.3, -0.25) is 9.59 Å². The number of methoxy groups -OCH3 is 1. The Kier molecular flexibility index (Phi) is 6.03. The Morgan fingerprint density at radius 2 is 1.83 bits per heavy atom. The number of nitrogens with one attached hydrogen (secondary N) is 1. The lowest BCUT2D eigenvalue weighted by molar-refractivity contribution is -0.138. The van der Waals surface area contributed by atoms with Crippen LogP contribution in [0.15, 0.2) is 42.5 Å². The van der Waals surface area contributed by atoms with Gasteiger partial charge >= 0.3 is 5.97 Å². The first-order valence-electron chi connectivity index (χ1n) is 9.56. The summed E-state index contributed by atoms with van der Waals surface area (Å²) in [7, 11) is 1.69. The van der Waals surface area contributed by atoms with E-state index in [1.807, 2.05) is 18.2 Å². The van der Waals surface area contributed by atoms with Crippen LogP contribution in [0.1, 0.15) is 40.0 Å². The van der Waals surface area contributed by atoms with E-state index in [4.69, 9.17) is 9.84 Å². The first-order chi connectivity index (χ1) is 13.8. The largest absolute Gasteiger partial charge is 0.481 e. The molecule has 1 heterocycles. The summed E-state index contributed by atoms with van der Waals surface area (Å²) in [5.74, 6) is -1.67. The molecule has 0 fully saturated rings. The second-order valence-electron chi connectivity index (χ2n) is 7.22. The van der Waals surface area contributed by atoms with Crippen LogP contribution in [0.5, 0.6) is 0 Å². The second kappa shape index (κ2) is 8.49. The number of ether oxygens (including phenoxy) is 1. The van der Waals surface area contributed by atoms with E-state index in [0.29, 0.717) is 23.4 Å². The summed E-state index contributed by atoms with van der Waals surface area (Å²) in [5, 5.41) is 13.0. The number of anilines is 1. The van der Waals surface area contributed by atoms with Crippen molar-refractivity contribution in [2.75, 3.05) is 19.0 Å². The van der Waals surface area contributed by atoms with Gasteiger partial charge in [0, 0.05) is 41.5 Å². The zero-order chi connectivity index (χ0) is 21.1. The molecule has 1 unspecified atom stereocenters. The van der Waals surface area contributed by atoms with Crippen molar-refractivity contribution in [2.45, 2.75) is 33.2 Å². The highest BCUT2D eigenvalue weighted by molar-refractivity contribution is 6.06. The van der Waals surface area contributed by atoms with Crippen molar-refractivity contribution in [3.8, 4) is 0 Å². The molecule has 0 aliphatic rings. The van der Waals surface area contributed by atoms with E-state index in [2.05, 4.69) is 23.7 Å². The molecule has 1 amide bonds. The summed E-state index contributed by atoms with van der Waals surface area (Å²) < 4.78 is 7.41. The molecule has 0 saturated carbocycles. The highest BCUT2D eigenvalue weighted by Gasteiger charge is 2.15. The zero-order valence-corrected chi connectivity index (χ0v) is 17.2. The van der Waals surface area contributed by atoms with Gasteiger partial charge in [-0.2, -0.15) is 0 Å². The van der Waals surface area contributed by atoms with Crippen LogP contribution in [-0.2, 0) is 16.1 Å². The number of aliphatic carboxylic acids is 1. The van der Waals surface area contributed by atoms with Gasteiger partial charge in [-0.25, -0.2) is 0 Å². The maximum atomic E-state index is 12.7. The number of fused-ring (bicyclic) bond motifs is 1. The van der Waals surface area contributed by atoms with Gasteiger partial charge in [-0.1, -0.05) is 12.1 Å². The van der Waals surface area contributed by atoms with E-state index in [-0.39, 0.29) is 5.91 Å². The summed E-state index contributed by atoms with van der Waals surface area (Å²) in [6.07, 6.45) is 0. The van der Waals surface area contributed by atoms with Gasteiger partial charge < -0.3 is 19.7 Å². The van der Waals surface area contributed by atoms with Crippen LogP contribution in [0.2, 0.25) is 0 Å². The lowest BCUT2D eigenvalue weighted by atomic mass is 10.0. The molecule has 6 nitrogen and oxygen atoms in total. The first-order valence-corrected chi connectivity index (χ1v) is 9.56. The Morgan fingerprint density at radius 3 is 2.45 bits per heavy atom. The summed E-state index contributed by atoms with van der Waals surface area (Å²) in [6.45, 7) is 7.16. The average Bonchev–Trinajstić information content (AvgIpc) is 2.96. The Labute approximate surface area is 170 Å². The molecule has 6 heteroatoms. The third kappa shape index (κ3) is 4.17. The Morgan fingerprint density at radius 1 is 1.14 bits per heavy atom. The number of carbonyl (C=O) groups excluding carboxylic acids is 1. The lowest BCUT2D eigenvalue weighted by Crippen LogP contribution is -2.12. The van der Waals surface area contributed by atoms with Gasteiger partial charge in [-0.15, -0.1) is 0 Å². The molecule has 0 radical (unpaired) electrons. The highest BCUT2D eigenvalue weighted by atomic mass is 16.5. The molecule has 3 aromatic rings. The summed E-state index contributed by atoms with van der Waals surface area (Å²) >= 11 is 0. The van der Waals surface area contributed by atoms with Gasteiger partial charge in [0.15, 0.2) is 0 Å². The molecule has 3 rings (SSSR count). The van der Waals surface area contributed by atoms with Gasteiger partial charge in [0.05, 0.1) is 12.5 Å². The third-order valence-corrected chi connectivity index (χ3v) is 5.46. The van der Waals surface area contributed by atoms with Crippen LogP contribution in [0.3, 0.4) is 0 Å². The van der Waals surface area contributed by atoms with Crippen LogP contribution in [-0.4, -0.2) is 35.3 Å². The molecule has 2 aromatic carbocycles. The van der Waals surface area contributed by atoms with Gasteiger partial charge in [0.2, 0.25) is 0 Å². The van der Waals surface area contributed by atoms with Crippen LogP contribution < -0.4 is 5.32 Å². The quantitative estimate of drug-likeness (QED) is 0.624. The number of hydrogen-bond donors (Lipinski definition) is 2. The number of rotatable bonds is 7. The monoisotopic (exact) mass is 394 g/mol. The maximum absolute atomic E-state index is 12.7. The number of aryl methyl sites for hydroxylation is 1. The second-order valence-corrected chi connectivity index (χ2v) is 7.22. The van der Waals surface area contributed by atoms with Crippen molar-refractivity contribution in [3.05, 3.63) is 64.8 Å². The standard InChI is InChI=1S/C23H26N2O4/c1-14-16(3)25(11-12-29-4)21-10-7-18(13-20(14)21)22(26)24-19-8-5-17(6-9-19)15(2)23(27)28/h5-10,13,15H,11-12H2,1-4H3,(H,24,26)(H,27,28). The van der Waals surface area contributed by atoms with Crippen LogP contribution in [0.4, 0.5) is 5.69 Å². The van der Waals surface area contributed by atoms with Gasteiger partial charge in [-0.05, 0) is 62.2 Å². The van der Waals surface area contributed by atoms with E-state index in [1.165, 1.54) is 0 Å². The predicted molar refractivity (Wildman–Crippen MR) is 114 cm³/mol. The van der Waals surface area contributed by atoms with Crippen molar-refractivity contribution in [1.82, 2.24) is 4.57 Å². The highest BCUT2D eigenvalue weighted by Crippen LogP contribution is 2.27. The predicted octanol–water partition coefficient (Wildman–Crippen LogP) is 4.34. The molecule has 0 spiro atoms. The molecule has 0 bridgehead atoms. The fourth-order valence-corrected chi connectivity index (χ4v) is 3.46. The number of carboxylic acid groups (broad SMARTS) is 1. The summed E-state index contributed by atoms with van der Waals surface area (Å²) in [6, 6.07) is 12.6. The minimum Gasteiger partial charge on any atom is -0.481 e. The zero-order valence-electron chi connectivity index (χ0n) is 17.2. The normalized spacial score (nSPS) is 12.1. The Balaban J connectivity index is 1.82. The molecule has 2 N–H and O–H groups in total. The number of amides is 1. The summed E-state index contributed by atoms with van der Waals surface area (Å²) in [5.41, 5.74) is 5.30. The maximum Gasteiger partial charge on any atom is 0.310 e. The molecule has 29 heavy (non-hydrogen) atoms. The first kappa shape index (κ1) is 20.6. The molecule has 152 valence electrons. The van der Waals surface area contributed by atoms with Crippen LogP contribution in [0, 0.1) is 13.8 Å².